The van der Waals surface area contributed by atoms with Crippen LogP contribution in [0.25, 0.3) is 0 Å². The number of hydrogen-bond acceptors (Lipinski definition) is 7. The topological polar surface area (TPSA) is 88.2 Å². The number of imide groups is 1. The fourth-order valence-electron chi connectivity index (χ4n) is 5.04. The highest BCUT2D eigenvalue weighted by Crippen LogP contribution is 2.21. The third-order valence-corrected chi connectivity index (χ3v) is 7.40. The number of benzene rings is 1. The zero-order valence-electron chi connectivity index (χ0n) is 21.0. The van der Waals surface area contributed by atoms with Crippen LogP contribution < -0.4 is 15.5 Å². The molecule has 4 rings (SSSR count). The van der Waals surface area contributed by atoms with E-state index >= 15 is 0 Å². The summed E-state index contributed by atoms with van der Waals surface area (Å²) >= 11 is 0. The Kier molecular flexibility index (Phi) is 8.98. The van der Waals surface area contributed by atoms with Gasteiger partial charge in [-0.25, -0.2) is 0 Å². The lowest BCUT2D eigenvalue weighted by Crippen LogP contribution is -2.48. The highest BCUT2D eigenvalue weighted by atomic mass is 16.2. The molecule has 3 aliphatic rings. The van der Waals surface area contributed by atoms with Crippen LogP contribution in [-0.2, 0) is 14.4 Å². The van der Waals surface area contributed by atoms with Crippen molar-refractivity contribution in [2.75, 3.05) is 76.2 Å². The van der Waals surface area contributed by atoms with E-state index in [4.69, 9.17) is 0 Å². The van der Waals surface area contributed by atoms with Gasteiger partial charge in [-0.3, -0.25) is 24.6 Å². The Morgan fingerprint density at radius 2 is 1.71 bits per heavy atom. The molecule has 192 valence electrons. The van der Waals surface area contributed by atoms with Crippen molar-refractivity contribution in [3.63, 3.8) is 0 Å². The molecule has 0 saturated carbocycles. The highest BCUT2D eigenvalue weighted by molar-refractivity contribution is 6.01. The fraction of sp³-hybridized carbons (Fsp3) is 0.654. The second-order valence-electron chi connectivity index (χ2n) is 10.0. The Morgan fingerprint density at radius 3 is 2.40 bits per heavy atom. The molecule has 9 nitrogen and oxygen atoms in total. The van der Waals surface area contributed by atoms with Gasteiger partial charge in [0, 0.05) is 83.1 Å². The lowest BCUT2D eigenvalue weighted by Gasteiger charge is -2.37. The molecular weight excluding hydrogens is 444 g/mol. The highest BCUT2D eigenvalue weighted by Gasteiger charge is 2.26. The molecule has 9 heteroatoms. The SMILES string of the molecule is CN(CCC(=O)N1CCCCC1)CCN1CCN(c2ccc(NC3CCC(=O)NC3=O)cc2)CC1. The number of rotatable bonds is 9. The quantitative estimate of drug-likeness (QED) is 0.512. The predicted molar refractivity (Wildman–Crippen MR) is 137 cm³/mol. The maximum atomic E-state index is 12.4. The number of hydrogen-bond donors (Lipinski definition) is 2. The van der Waals surface area contributed by atoms with Crippen molar-refractivity contribution in [3.05, 3.63) is 24.3 Å². The van der Waals surface area contributed by atoms with E-state index < -0.39 is 0 Å². The summed E-state index contributed by atoms with van der Waals surface area (Å²) in [4.78, 5) is 44.9. The van der Waals surface area contributed by atoms with E-state index in [0.29, 0.717) is 25.2 Å². The summed E-state index contributed by atoms with van der Waals surface area (Å²) in [5, 5.41) is 5.62. The van der Waals surface area contributed by atoms with Gasteiger partial charge in [-0.2, -0.15) is 0 Å². The van der Waals surface area contributed by atoms with Crippen LogP contribution >= 0.6 is 0 Å². The van der Waals surface area contributed by atoms with Gasteiger partial charge in [-0.1, -0.05) is 0 Å². The summed E-state index contributed by atoms with van der Waals surface area (Å²) in [6, 6.07) is 7.84. The molecule has 1 unspecified atom stereocenters. The molecule has 1 aromatic rings. The first-order chi connectivity index (χ1) is 17.0. The standard InChI is InChI=1S/C26H40N6O3/c1-29(14-11-25(34)32-12-3-2-4-13-32)15-16-30-17-19-31(20-18-30)22-7-5-21(6-8-22)27-23-9-10-24(33)28-26(23)35/h5-8,23,27H,2-4,9-20H2,1H3,(H,28,33,35). The Bertz CT molecular complexity index is 862. The summed E-state index contributed by atoms with van der Waals surface area (Å²) in [5.41, 5.74) is 2.08. The van der Waals surface area contributed by atoms with Gasteiger partial charge in [0.2, 0.25) is 17.7 Å². The summed E-state index contributed by atoms with van der Waals surface area (Å²) in [6.45, 7) is 8.72. The maximum Gasteiger partial charge on any atom is 0.249 e. The van der Waals surface area contributed by atoms with Crippen molar-refractivity contribution >= 4 is 29.1 Å². The predicted octanol–water partition coefficient (Wildman–Crippen LogP) is 1.36. The zero-order valence-corrected chi connectivity index (χ0v) is 21.0. The van der Waals surface area contributed by atoms with E-state index in [0.717, 1.165) is 77.4 Å². The van der Waals surface area contributed by atoms with Crippen molar-refractivity contribution < 1.29 is 14.4 Å². The number of anilines is 2. The van der Waals surface area contributed by atoms with Crippen molar-refractivity contribution in [3.8, 4) is 0 Å². The molecule has 1 atom stereocenters. The first-order valence-corrected chi connectivity index (χ1v) is 13.1. The third-order valence-electron chi connectivity index (χ3n) is 7.40. The number of carbonyl (C=O) groups is 3. The van der Waals surface area contributed by atoms with E-state index in [1.165, 1.54) is 12.1 Å². The third kappa shape index (κ3) is 7.41. The second-order valence-corrected chi connectivity index (χ2v) is 10.0. The Labute approximate surface area is 208 Å². The minimum Gasteiger partial charge on any atom is -0.374 e. The lowest BCUT2D eigenvalue weighted by atomic mass is 10.1. The second kappa shape index (κ2) is 12.4. The average molecular weight is 485 g/mol. The van der Waals surface area contributed by atoms with Gasteiger partial charge in [-0.15, -0.1) is 0 Å². The van der Waals surface area contributed by atoms with Crippen LogP contribution in [0.15, 0.2) is 24.3 Å². The van der Waals surface area contributed by atoms with Gasteiger partial charge in [-0.05, 0) is 57.0 Å². The number of amides is 3. The van der Waals surface area contributed by atoms with Crippen molar-refractivity contribution in [2.24, 2.45) is 0 Å². The van der Waals surface area contributed by atoms with Gasteiger partial charge >= 0.3 is 0 Å². The summed E-state index contributed by atoms with van der Waals surface area (Å²) in [5.74, 6) is -0.138. The molecule has 3 fully saturated rings. The molecule has 3 heterocycles. The Morgan fingerprint density at radius 1 is 1.00 bits per heavy atom. The number of piperidine rings is 2. The minimum atomic E-state index is -0.358. The van der Waals surface area contributed by atoms with Crippen LogP contribution in [0.2, 0.25) is 0 Å². The fourth-order valence-corrected chi connectivity index (χ4v) is 5.04. The van der Waals surface area contributed by atoms with Gasteiger partial charge in [0.1, 0.15) is 6.04 Å². The lowest BCUT2D eigenvalue weighted by molar-refractivity contribution is -0.134. The number of nitrogens with zero attached hydrogens (tertiary/aromatic N) is 4. The Hall–Kier alpha value is -2.65. The first kappa shape index (κ1) is 25.4. The molecule has 3 aliphatic heterocycles. The van der Waals surface area contributed by atoms with Gasteiger partial charge < -0.3 is 20.0 Å². The van der Waals surface area contributed by atoms with E-state index in [2.05, 4.69) is 44.5 Å². The number of likely N-dealkylation sites (N-methyl/N-ethyl adjacent to an activating group) is 1. The molecule has 0 spiro atoms. The van der Waals surface area contributed by atoms with Crippen LogP contribution in [0, 0.1) is 0 Å². The van der Waals surface area contributed by atoms with Crippen LogP contribution in [0.3, 0.4) is 0 Å². The van der Waals surface area contributed by atoms with Crippen LogP contribution in [0.4, 0.5) is 11.4 Å². The number of piperazine rings is 1. The molecule has 35 heavy (non-hydrogen) atoms. The molecule has 0 aromatic heterocycles. The molecule has 2 N–H and O–H groups in total. The molecule has 0 aliphatic carbocycles. The summed E-state index contributed by atoms with van der Waals surface area (Å²) < 4.78 is 0. The molecule has 1 aromatic carbocycles. The number of nitrogens with one attached hydrogen (secondary N) is 2. The average Bonchev–Trinajstić information content (AvgIpc) is 2.89. The van der Waals surface area contributed by atoms with E-state index in [1.54, 1.807) is 0 Å². The molecule has 3 amide bonds. The number of carbonyl (C=O) groups excluding carboxylic acids is 3. The molecule has 0 bridgehead atoms. The Balaban J connectivity index is 1.13. The van der Waals surface area contributed by atoms with E-state index in [-0.39, 0.29) is 17.9 Å². The first-order valence-electron chi connectivity index (χ1n) is 13.1. The number of likely N-dealkylation sites (tertiary alicyclic amines) is 1. The molecule has 3 saturated heterocycles. The maximum absolute atomic E-state index is 12.4. The van der Waals surface area contributed by atoms with Gasteiger partial charge in [0.25, 0.3) is 0 Å². The zero-order chi connectivity index (χ0) is 24.6. The monoisotopic (exact) mass is 484 g/mol. The van der Waals surface area contributed by atoms with Crippen molar-refractivity contribution in [1.29, 1.82) is 0 Å². The summed E-state index contributed by atoms with van der Waals surface area (Å²) in [6.07, 6.45) is 5.08. The molecule has 0 radical (unpaired) electrons. The molecular formula is C26H40N6O3. The van der Waals surface area contributed by atoms with Gasteiger partial charge in [0.05, 0.1) is 0 Å². The van der Waals surface area contributed by atoms with Crippen molar-refractivity contribution in [1.82, 2.24) is 20.0 Å². The van der Waals surface area contributed by atoms with E-state index in [1.807, 2.05) is 17.0 Å². The van der Waals surface area contributed by atoms with Crippen LogP contribution in [0.1, 0.15) is 38.5 Å². The normalized spacial score (nSPS) is 21.8. The van der Waals surface area contributed by atoms with Crippen LogP contribution in [0.5, 0.6) is 0 Å². The smallest absolute Gasteiger partial charge is 0.249 e. The minimum absolute atomic E-state index is 0.197. The van der Waals surface area contributed by atoms with Gasteiger partial charge in [0.15, 0.2) is 0 Å². The van der Waals surface area contributed by atoms with Crippen molar-refractivity contribution in [2.45, 2.75) is 44.6 Å². The largest absolute Gasteiger partial charge is 0.374 e. The van der Waals surface area contributed by atoms with Crippen LogP contribution in [-0.4, -0.2) is 104 Å². The van der Waals surface area contributed by atoms with E-state index in [9.17, 15) is 14.4 Å². The summed E-state index contributed by atoms with van der Waals surface area (Å²) in [7, 11) is 2.12.